The van der Waals surface area contributed by atoms with Crippen LogP contribution >= 0.6 is 0 Å². The Morgan fingerprint density at radius 2 is 1.28 bits per heavy atom. The van der Waals surface area contributed by atoms with Crippen molar-refractivity contribution < 1.29 is 28.9 Å². The summed E-state index contributed by atoms with van der Waals surface area (Å²) in [5, 5.41) is 10.7. The summed E-state index contributed by atoms with van der Waals surface area (Å²) in [5.41, 5.74) is 3.64. The SMILES string of the molecule is CCCCCCCCOc1ccc(CCCC(=O)OC)cc1-c1cc(CCCC(=O)OC)ccc1O. The summed E-state index contributed by atoms with van der Waals surface area (Å²) in [5.74, 6) is 0.482. The Bertz CT molecular complexity index is 952. The third-order valence-electron chi connectivity index (χ3n) is 6.30. The van der Waals surface area contributed by atoms with Crippen LogP contribution in [0, 0.1) is 0 Å². The van der Waals surface area contributed by atoms with E-state index in [1.165, 1.54) is 39.9 Å². The molecule has 0 spiro atoms. The van der Waals surface area contributed by atoms with Gasteiger partial charge in [0.1, 0.15) is 11.5 Å². The van der Waals surface area contributed by atoms with E-state index in [-0.39, 0.29) is 17.7 Å². The lowest BCUT2D eigenvalue weighted by atomic mass is 9.96. The molecular weight excluding hydrogens is 456 g/mol. The number of hydrogen-bond donors (Lipinski definition) is 1. The molecule has 2 aromatic carbocycles. The Hall–Kier alpha value is -3.02. The van der Waals surface area contributed by atoms with Crippen molar-refractivity contribution >= 4 is 11.9 Å². The second-order valence-electron chi connectivity index (χ2n) is 9.16. The van der Waals surface area contributed by atoms with Crippen LogP contribution in [0.15, 0.2) is 36.4 Å². The van der Waals surface area contributed by atoms with Gasteiger partial charge in [-0.25, -0.2) is 0 Å². The maximum absolute atomic E-state index is 11.5. The quantitative estimate of drug-likeness (QED) is 0.191. The van der Waals surface area contributed by atoms with Crippen LogP contribution in [0.5, 0.6) is 11.5 Å². The average Bonchev–Trinajstić information content (AvgIpc) is 2.89. The molecule has 0 aromatic heterocycles. The van der Waals surface area contributed by atoms with Crippen LogP contribution < -0.4 is 4.74 Å². The Morgan fingerprint density at radius 3 is 1.89 bits per heavy atom. The van der Waals surface area contributed by atoms with Gasteiger partial charge in [-0.1, -0.05) is 51.2 Å². The van der Waals surface area contributed by atoms with E-state index < -0.39 is 0 Å². The van der Waals surface area contributed by atoms with E-state index in [2.05, 4.69) is 6.92 Å². The summed E-state index contributed by atoms with van der Waals surface area (Å²) in [6.45, 7) is 2.84. The van der Waals surface area contributed by atoms with Crippen molar-refractivity contribution in [1.29, 1.82) is 0 Å². The van der Waals surface area contributed by atoms with Gasteiger partial charge >= 0.3 is 11.9 Å². The predicted molar refractivity (Wildman–Crippen MR) is 142 cm³/mol. The zero-order chi connectivity index (χ0) is 26.2. The Morgan fingerprint density at radius 1 is 0.722 bits per heavy atom. The molecular formula is C30H42O6. The van der Waals surface area contributed by atoms with Crippen LogP contribution in [-0.4, -0.2) is 37.9 Å². The fraction of sp³-hybridized carbons (Fsp3) is 0.533. The van der Waals surface area contributed by atoms with Crippen molar-refractivity contribution in [3.8, 4) is 22.6 Å². The molecule has 0 saturated heterocycles. The summed E-state index contributed by atoms with van der Waals surface area (Å²) in [6.07, 6.45) is 10.6. The molecule has 1 N–H and O–H groups in total. The highest BCUT2D eigenvalue weighted by Crippen LogP contribution is 2.38. The van der Waals surface area contributed by atoms with Gasteiger partial charge in [-0.3, -0.25) is 9.59 Å². The van der Waals surface area contributed by atoms with Gasteiger partial charge in [0.05, 0.1) is 20.8 Å². The highest BCUT2D eigenvalue weighted by Gasteiger charge is 2.14. The first-order chi connectivity index (χ1) is 17.5. The molecule has 0 heterocycles. The van der Waals surface area contributed by atoms with Crippen molar-refractivity contribution in [3.63, 3.8) is 0 Å². The first-order valence-corrected chi connectivity index (χ1v) is 13.2. The summed E-state index contributed by atoms with van der Waals surface area (Å²) in [6, 6.07) is 11.6. The second kappa shape index (κ2) is 16.6. The number of phenolic OH excluding ortho intramolecular Hbond substituents is 1. The van der Waals surface area contributed by atoms with E-state index in [4.69, 9.17) is 14.2 Å². The maximum atomic E-state index is 11.5. The number of esters is 2. The third-order valence-corrected chi connectivity index (χ3v) is 6.30. The van der Waals surface area contributed by atoms with Gasteiger partial charge in [0.25, 0.3) is 0 Å². The molecule has 198 valence electrons. The number of unbranched alkanes of at least 4 members (excludes halogenated alkanes) is 5. The van der Waals surface area contributed by atoms with Crippen LogP contribution in [-0.2, 0) is 31.9 Å². The minimum absolute atomic E-state index is 0.183. The van der Waals surface area contributed by atoms with E-state index in [0.29, 0.717) is 44.3 Å². The number of methoxy groups -OCH3 is 2. The smallest absolute Gasteiger partial charge is 0.305 e. The first kappa shape index (κ1) is 29.2. The van der Waals surface area contributed by atoms with Gasteiger partial charge in [0.15, 0.2) is 0 Å². The molecule has 0 amide bonds. The maximum Gasteiger partial charge on any atom is 0.305 e. The van der Waals surface area contributed by atoms with Crippen molar-refractivity contribution in [1.82, 2.24) is 0 Å². The largest absolute Gasteiger partial charge is 0.507 e. The molecule has 2 rings (SSSR count). The van der Waals surface area contributed by atoms with Gasteiger partial charge in [-0.2, -0.15) is 0 Å². The number of hydrogen-bond acceptors (Lipinski definition) is 6. The normalized spacial score (nSPS) is 10.8. The number of phenols is 1. The zero-order valence-electron chi connectivity index (χ0n) is 22.1. The lowest BCUT2D eigenvalue weighted by Gasteiger charge is -2.16. The van der Waals surface area contributed by atoms with Crippen LogP contribution in [0.25, 0.3) is 11.1 Å². The summed E-state index contributed by atoms with van der Waals surface area (Å²) in [4.78, 5) is 23.0. The average molecular weight is 499 g/mol. The van der Waals surface area contributed by atoms with Gasteiger partial charge < -0.3 is 19.3 Å². The second-order valence-corrected chi connectivity index (χ2v) is 9.16. The molecule has 0 aliphatic heterocycles. The summed E-state index contributed by atoms with van der Waals surface area (Å²) in [7, 11) is 2.79. The monoisotopic (exact) mass is 498 g/mol. The molecule has 0 bridgehead atoms. The Labute approximate surface area is 216 Å². The zero-order valence-corrected chi connectivity index (χ0v) is 22.1. The van der Waals surface area contributed by atoms with E-state index in [0.717, 1.165) is 41.7 Å². The molecule has 0 unspecified atom stereocenters. The highest BCUT2D eigenvalue weighted by molar-refractivity contribution is 5.77. The molecule has 0 radical (unpaired) electrons. The van der Waals surface area contributed by atoms with Crippen LogP contribution in [0.3, 0.4) is 0 Å². The number of carbonyl (C=O) groups excluding carboxylic acids is 2. The lowest BCUT2D eigenvalue weighted by Crippen LogP contribution is -2.02. The molecule has 2 aromatic rings. The topological polar surface area (TPSA) is 82.1 Å². The lowest BCUT2D eigenvalue weighted by molar-refractivity contribution is -0.141. The fourth-order valence-corrected chi connectivity index (χ4v) is 4.17. The number of carbonyl (C=O) groups is 2. The molecule has 0 saturated carbocycles. The summed E-state index contributed by atoms with van der Waals surface area (Å²) >= 11 is 0. The van der Waals surface area contributed by atoms with Crippen molar-refractivity contribution in [2.45, 2.75) is 84.0 Å². The molecule has 6 heteroatoms. The van der Waals surface area contributed by atoms with Crippen LogP contribution in [0.2, 0.25) is 0 Å². The highest BCUT2D eigenvalue weighted by atomic mass is 16.5. The summed E-state index contributed by atoms with van der Waals surface area (Å²) < 4.78 is 15.7. The van der Waals surface area contributed by atoms with E-state index >= 15 is 0 Å². The molecule has 0 fully saturated rings. The minimum atomic E-state index is -0.223. The first-order valence-electron chi connectivity index (χ1n) is 13.2. The molecule has 0 aliphatic carbocycles. The van der Waals surface area contributed by atoms with Crippen molar-refractivity contribution in [2.75, 3.05) is 20.8 Å². The number of aryl methyl sites for hydroxylation is 2. The predicted octanol–water partition coefficient (Wildman–Crippen LogP) is 6.79. The van der Waals surface area contributed by atoms with Gasteiger partial charge in [0.2, 0.25) is 0 Å². The molecule has 0 aliphatic rings. The fourth-order valence-electron chi connectivity index (χ4n) is 4.17. The van der Waals surface area contributed by atoms with Gasteiger partial charge in [-0.05, 0) is 67.5 Å². The molecule has 6 nitrogen and oxygen atoms in total. The Balaban J connectivity index is 2.18. The van der Waals surface area contributed by atoms with Gasteiger partial charge in [0, 0.05) is 24.0 Å². The van der Waals surface area contributed by atoms with Gasteiger partial charge in [-0.15, -0.1) is 0 Å². The number of ether oxygens (including phenoxy) is 3. The van der Waals surface area contributed by atoms with Crippen molar-refractivity contribution in [3.05, 3.63) is 47.5 Å². The standard InChI is InChI=1S/C30H42O6/c1-4-5-6-7-8-9-20-36-28-19-17-24(13-11-15-30(33)35-3)22-26(28)25-21-23(16-18-27(25)31)12-10-14-29(32)34-2/h16-19,21-22,31H,4-15,20H2,1-3H3. The van der Waals surface area contributed by atoms with Crippen molar-refractivity contribution in [2.24, 2.45) is 0 Å². The third kappa shape index (κ3) is 10.3. The molecule has 36 heavy (non-hydrogen) atoms. The Kier molecular flexibility index (Phi) is 13.5. The number of aromatic hydroxyl groups is 1. The van der Waals surface area contributed by atoms with E-state index in [1.54, 1.807) is 6.07 Å². The number of rotatable bonds is 17. The van der Waals surface area contributed by atoms with E-state index in [9.17, 15) is 14.7 Å². The van der Waals surface area contributed by atoms with Crippen LogP contribution in [0.1, 0.15) is 82.3 Å². The molecule has 0 atom stereocenters. The number of benzene rings is 2. The van der Waals surface area contributed by atoms with Crippen LogP contribution in [0.4, 0.5) is 0 Å². The minimum Gasteiger partial charge on any atom is -0.507 e. The van der Waals surface area contributed by atoms with E-state index in [1.807, 2.05) is 30.3 Å².